The smallest absolute Gasteiger partial charge is 0.159 e. The molecule has 3 heteroatoms. The average molecular weight is 176 g/mol. The summed E-state index contributed by atoms with van der Waals surface area (Å²) in [7, 11) is 0. The molecule has 3 nitrogen and oxygen atoms in total. The third kappa shape index (κ3) is 2.71. The minimum Gasteiger partial charge on any atom is -0.344 e. The number of nitrogens with one attached hydrogen (secondary N) is 2. The second-order valence-corrected chi connectivity index (χ2v) is 2.88. The number of hydrogen-bond acceptors (Lipinski definition) is 2. The van der Waals surface area contributed by atoms with Crippen LogP contribution in [-0.2, 0) is 0 Å². The molecule has 2 N–H and O–H groups in total. The fraction of sp³-hybridized carbons (Fsp3) is 0.200. The van der Waals surface area contributed by atoms with Crippen molar-refractivity contribution in [2.45, 2.75) is 13.8 Å². The predicted molar refractivity (Wildman–Crippen MR) is 53.5 cm³/mol. The molecule has 0 aliphatic carbocycles. The van der Waals surface area contributed by atoms with Crippen LogP contribution in [0, 0.1) is 5.41 Å². The van der Waals surface area contributed by atoms with Crippen LogP contribution in [0.5, 0.6) is 0 Å². The molecular weight excluding hydrogens is 164 g/mol. The van der Waals surface area contributed by atoms with Gasteiger partial charge in [-0.05, 0) is 38.1 Å². The summed E-state index contributed by atoms with van der Waals surface area (Å²) >= 11 is 0. The molecule has 13 heavy (non-hydrogen) atoms. The van der Waals surface area contributed by atoms with Gasteiger partial charge in [-0.2, -0.15) is 0 Å². The van der Waals surface area contributed by atoms with Crippen molar-refractivity contribution in [2.24, 2.45) is 0 Å². The molecule has 0 aliphatic rings. The number of Topliss-reactive ketones (excluding diaryl/α,β-unsaturated/α-hetero) is 1. The van der Waals surface area contributed by atoms with E-state index in [4.69, 9.17) is 5.41 Å². The molecule has 0 saturated carbocycles. The highest BCUT2D eigenvalue weighted by molar-refractivity contribution is 5.95. The van der Waals surface area contributed by atoms with Gasteiger partial charge in [0.2, 0.25) is 0 Å². The zero-order chi connectivity index (χ0) is 9.84. The van der Waals surface area contributed by atoms with Gasteiger partial charge in [-0.1, -0.05) is 0 Å². The Morgan fingerprint density at radius 1 is 1.23 bits per heavy atom. The Labute approximate surface area is 77.3 Å². The van der Waals surface area contributed by atoms with E-state index in [1.54, 1.807) is 31.2 Å². The predicted octanol–water partition coefficient (Wildman–Crippen LogP) is 2.30. The maximum Gasteiger partial charge on any atom is 0.159 e. The molecule has 0 radical (unpaired) electrons. The maximum atomic E-state index is 10.9. The van der Waals surface area contributed by atoms with Gasteiger partial charge in [0.05, 0.1) is 5.84 Å². The summed E-state index contributed by atoms with van der Waals surface area (Å²) in [4.78, 5) is 10.9. The summed E-state index contributed by atoms with van der Waals surface area (Å²) in [6.07, 6.45) is 0. The Hall–Kier alpha value is -1.64. The lowest BCUT2D eigenvalue weighted by Crippen LogP contribution is -2.04. The average Bonchev–Trinajstić information content (AvgIpc) is 2.04. The van der Waals surface area contributed by atoms with Gasteiger partial charge in [-0.3, -0.25) is 10.2 Å². The first-order chi connectivity index (χ1) is 6.09. The van der Waals surface area contributed by atoms with Crippen LogP contribution in [0.15, 0.2) is 24.3 Å². The zero-order valence-corrected chi connectivity index (χ0v) is 7.72. The van der Waals surface area contributed by atoms with Gasteiger partial charge in [0.15, 0.2) is 5.78 Å². The number of carbonyl (C=O) groups excluding carboxylic acids is 1. The van der Waals surface area contributed by atoms with Crippen LogP contribution < -0.4 is 5.32 Å². The molecule has 0 saturated heterocycles. The Kier molecular flexibility index (Phi) is 2.80. The molecule has 0 bridgehead atoms. The minimum absolute atomic E-state index is 0.0538. The van der Waals surface area contributed by atoms with E-state index in [9.17, 15) is 4.79 Å². The van der Waals surface area contributed by atoms with E-state index < -0.39 is 0 Å². The number of anilines is 1. The Morgan fingerprint density at radius 2 is 1.77 bits per heavy atom. The summed E-state index contributed by atoms with van der Waals surface area (Å²) < 4.78 is 0. The SMILES string of the molecule is CC(=N)Nc1ccc(C(C)=O)cc1. The maximum absolute atomic E-state index is 10.9. The molecule has 0 amide bonds. The molecule has 0 fully saturated rings. The summed E-state index contributed by atoms with van der Waals surface area (Å²) in [5.74, 6) is 0.439. The van der Waals surface area contributed by atoms with Gasteiger partial charge in [0.25, 0.3) is 0 Å². The Morgan fingerprint density at radius 3 is 2.15 bits per heavy atom. The van der Waals surface area contributed by atoms with E-state index in [-0.39, 0.29) is 5.78 Å². The molecule has 0 spiro atoms. The number of carbonyl (C=O) groups is 1. The van der Waals surface area contributed by atoms with Crippen LogP contribution in [0.3, 0.4) is 0 Å². The molecule has 1 aromatic carbocycles. The van der Waals surface area contributed by atoms with Crippen LogP contribution in [0.2, 0.25) is 0 Å². The fourth-order valence-corrected chi connectivity index (χ4v) is 1.00. The highest BCUT2D eigenvalue weighted by Crippen LogP contribution is 2.09. The van der Waals surface area contributed by atoms with Crippen LogP contribution in [0.1, 0.15) is 24.2 Å². The third-order valence-electron chi connectivity index (χ3n) is 1.62. The normalized spacial score (nSPS) is 9.38. The van der Waals surface area contributed by atoms with E-state index in [0.717, 1.165) is 5.69 Å². The van der Waals surface area contributed by atoms with Gasteiger partial charge in [-0.25, -0.2) is 0 Å². The first kappa shape index (κ1) is 9.45. The van der Waals surface area contributed by atoms with Gasteiger partial charge in [-0.15, -0.1) is 0 Å². The van der Waals surface area contributed by atoms with E-state index >= 15 is 0 Å². The second kappa shape index (κ2) is 3.85. The number of amidine groups is 1. The highest BCUT2D eigenvalue weighted by Gasteiger charge is 1.98. The summed E-state index contributed by atoms with van der Waals surface area (Å²) in [5.41, 5.74) is 1.52. The summed E-state index contributed by atoms with van der Waals surface area (Å²) in [6, 6.07) is 7.06. The summed E-state index contributed by atoms with van der Waals surface area (Å²) in [5, 5.41) is 10.0. The van der Waals surface area contributed by atoms with Crippen LogP contribution in [0.4, 0.5) is 5.69 Å². The topological polar surface area (TPSA) is 53.0 Å². The van der Waals surface area contributed by atoms with Gasteiger partial charge in [0, 0.05) is 11.3 Å². The first-order valence-electron chi connectivity index (χ1n) is 4.03. The molecule has 68 valence electrons. The molecule has 1 rings (SSSR count). The molecule has 1 aromatic rings. The van der Waals surface area contributed by atoms with Crippen molar-refractivity contribution in [3.63, 3.8) is 0 Å². The van der Waals surface area contributed by atoms with Gasteiger partial charge >= 0.3 is 0 Å². The number of rotatable bonds is 2. The van der Waals surface area contributed by atoms with Crippen LogP contribution in [-0.4, -0.2) is 11.6 Å². The number of ketones is 1. The number of benzene rings is 1. The first-order valence-corrected chi connectivity index (χ1v) is 4.03. The van der Waals surface area contributed by atoms with Crippen LogP contribution in [0.25, 0.3) is 0 Å². The standard InChI is InChI=1S/C10H12N2O/c1-7(13)9-3-5-10(6-4-9)12-8(2)11/h3-6H,1-2H3,(H2,11,12). The van der Waals surface area contributed by atoms with Gasteiger partial charge in [0.1, 0.15) is 0 Å². The van der Waals surface area contributed by atoms with Crippen molar-refractivity contribution in [2.75, 3.05) is 5.32 Å². The van der Waals surface area contributed by atoms with E-state index in [1.807, 2.05) is 0 Å². The Balaban J connectivity index is 2.81. The Bertz CT molecular complexity index is 327. The number of hydrogen-bond donors (Lipinski definition) is 2. The van der Waals surface area contributed by atoms with Gasteiger partial charge < -0.3 is 5.32 Å². The van der Waals surface area contributed by atoms with Crippen molar-refractivity contribution < 1.29 is 4.79 Å². The fourth-order valence-electron chi connectivity index (χ4n) is 1.00. The molecule has 0 aliphatic heterocycles. The van der Waals surface area contributed by atoms with Crippen molar-refractivity contribution >= 4 is 17.3 Å². The quantitative estimate of drug-likeness (QED) is 0.412. The monoisotopic (exact) mass is 176 g/mol. The van der Waals surface area contributed by atoms with E-state index in [0.29, 0.717) is 11.4 Å². The minimum atomic E-state index is 0.0538. The van der Waals surface area contributed by atoms with Crippen molar-refractivity contribution in [1.29, 1.82) is 5.41 Å². The molecule has 0 unspecified atom stereocenters. The molecular formula is C10H12N2O. The molecule has 0 atom stereocenters. The van der Waals surface area contributed by atoms with E-state index in [1.165, 1.54) is 6.92 Å². The second-order valence-electron chi connectivity index (χ2n) is 2.88. The lowest BCUT2D eigenvalue weighted by Gasteiger charge is -2.03. The highest BCUT2D eigenvalue weighted by atomic mass is 16.1. The van der Waals surface area contributed by atoms with Crippen molar-refractivity contribution in [1.82, 2.24) is 0 Å². The van der Waals surface area contributed by atoms with E-state index in [2.05, 4.69) is 5.32 Å². The summed E-state index contributed by atoms with van der Waals surface area (Å²) in [6.45, 7) is 3.20. The lowest BCUT2D eigenvalue weighted by atomic mass is 10.1. The third-order valence-corrected chi connectivity index (χ3v) is 1.62. The van der Waals surface area contributed by atoms with Crippen molar-refractivity contribution in [3.8, 4) is 0 Å². The molecule has 0 aromatic heterocycles. The van der Waals surface area contributed by atoms with Crippen molar-refractivity contribution in [3.05, 3.63) is 29.8 Å². The molecule has 0 heterocycles. The zero-order valence-electron chi connectivity index (χ0n) is 7.72. The largest absolute Gasteiger partial charge is 0.344 e. The lowest BCUT2D eigenvalue weighted by molar-refractivity contribution is 0.101. The van der Waals surface area contributed by atoms with Crippen LogP contribution >= 0.6 is 0 Å².